The number of carbonyl (C=O) groups is 2. The molecule has 1 fully saturated rings. The normalized spacial score (nSPS) is 28.9. The molecule has 2 amide bonds. The number of hydrogen-bond acceptors (Lipinski definition) is 5. The molecule has 7 nitrogen and oxygen atoms in total. The molecular formula is C19H25N3O4. The molecule has 0 bridgehead atoms. The predicted octanol–water partition coefficient (Wildman–Crippen LogP) is 0.618. The molecule has 1 spiro atoms. The Hall–Kier alpha value is -2.38. The van der Waals surface area contributed by atoms with Crippen LogP contribution in [0.25, 0.3) is 0 Å². The fourth-order valence-electron chi connectivity index (χ4n) is 3.05. The zero-order valence-electron chi connectivity index (χ0n) is 14.9. The van der Waals surface area contributed by atoms with Crippen LogP contribution in [0.4, 0.5) is 0 Å². The standard InChI is InChI=1S/C19H25N3O4/c1-14-12-21-18(24)19(13-20-9-11-26-19)8-4-5-10-25-16-7-3-2-6-15(16)17(23)22-14/h2-7,14,20H,8-13H2,1H3,(H,21,24)(H,22,23)/b5-4-/t14-,19?/m0/s1. The number of morpholine rings is 1. The van der Waals surface area contributed by atoms with E-state index in [2.05, 4.69) is 16.0 Å². The van der Waals surface area contributed by atoms with Gasteiger partial charge in [-0.05, 0) is 19.1 Å². The maximum absolute atomic E-state index is 12.7. The summed E-state index contributed by atoms with van der Waals surface area (Å²) < 4.78 is 11.6. The predicted molar refractivity (Wildman–Crippen MR) is 97.2 cm³/mol. The van der Waals surface area contributed by atoms with Crippen LogP contribution in [0.3, 0.4) is 0 Å². The van der Waals surface area contributed by atoms with Gasteiger partial charge in [-0.2, -0.15) is 0 Å². The number of nitrogens with one attached hydrogen (secondary N) is 3. The zero-order valence-corrected chi connectivity index (χ0v) is 14.9. The Kier molecular flexibility index (Phi) is 5.90. The highest BCUT2D eigenvalue weighted by atomic mass is 16.5. The minimum atomic E-state index is -0.930. The molecule has 2 atom stereocenters. The van der Waals surface area contributed by atoms with Crippen LogP contribution in [0.15, 0.2) is 36.4 Å². The van der Waals surface area contributed by atoms with E-state index in [1.165, 1.54) is 0 Å². The Morgan fingerprint density at radius 2 is 2.04 bits per heavy atom. The smallest absolute Gasteiger partial charge is 0.255 e. The van der Waals surface area contributed by atoms with Crippen molar-refractivity contribution < 1.29 is 19.1 Å². The second-order valence-corrected chi connectivity index (χ2v) is 6.59. The summed E-state index contributed by atoms with van der Waals surface area (Å²) in [7, 11) is 0. The van der Waals surface area contributed by atoms with Gasteiger partial charge in [0.05, 0.1) is 12.2 Å². The molecule has 0 radical (unpaired) electrons. The number of rotatable bonds is 0. The number of fused-ring (bicyclic) bond motifs is 1. The van der Waals surface area contributed by atoms with E-state index in [-0.39, 0.29) is 17.9 Å². The van der Waals surface area contributed by atoms with E-state index in [1.807, 2.05) is 25.1 Å². The number of para-hydroxylation sites is 1. The molecule has 1 saturated heterocycles. The second-order valence-electron chi connectivity index (χ2n) is 6.59. The fraction of sp³-hybridized carbons (Fsp3) is 0.474. The maximum atomic E-state index is 12.7. The van der Waals surface area contributed by atoms with Gasteiger partial charge in [0.15, 0.2) is 5.60 Å². The molecular weight excluding hydrogens is 334 g/mol. The van der Waals surface area contributed by atoms with Gasteiger partial charge in [0.2, 0.25) is 0 Å². The van der Waals surface area contributed by atoms with Gasteiger partial charge in [-0.1, -0.05) is 24.3 Å². The second kappa shape index (κ2) is 8.33. The molecule has 0 saturated carbocycles. The summed E-state index contributed by atoms with van der Waals surface area (Å²) in [5.74, 6) is 0.135. The molecule has 26 heavy (non-hydrogen) atoms. The Bertz CT molecular complexity index is 683. The zero-order chi connectivity index (χ0) is 18.4. The molecule has 1 aromatic carbocycles. The highest BCUT2D eigenvalue weighted by molar-refractivity contribution is 5.97. The summed E-state index contributed by atoms with van der Waals surface area (Å²) >= 11 is 0. The van der Waals surface area contributed by atoms with Gasteiger partial charge in [0, 0.05) is 32.1 Å². The van der Waals surface area contributed by atoms with Crippen LogP contribution in [0, 0.1) is 0 Å². The third-order valence-corrected chi connectivity index (χ3v) is 4.51. The number of benzene rings is 1. The van der Waals surface area contributed by atoms with Gasteiger partial charge >= 0.3 is 0 Å². The maximum Gasteiger partial charge on any atom is 0.255 e. The lowest BCUT2D eigenvalue weighted by Gasteiger charge is -2.36. The van der Waals surface area contributed by atoms with E-state index in [4.69, 9.17) is 9.47 Å². The van der Waals surface area contributed by atoms with Crippen LogP contribution in [0.5, 0.6) is 5.75 Å². The molecule has 2 aliphatic heterocycles. The number of carbonyl (C=O) groups excluding carboxylic acids is 2. The molecule has 3 rings (SSSR count). The van der Waals surface area contributed by atoms with Gasteiger partial charge < -0.3 is 25.4 Å². The lowest BCUT2D eigenvalue weighted by atomic mass is 9.96. The Morgan fingerprint density at radius 1 is 1.19 bits per heavy atom. The lowest BCUT2D eigenvalue weighted by molar-refractivity contribution is -0.150. The summed E-state index contributed by atoms with van der Waals surface area (Å²) in [5, 5.41) is 9.02. The Labute approximate surface area is 153 Å². The van der Waals surface area contributed by atoms with Gasteiger partial charge in [0.1, 0.15) is 12.4 Å². The quantitative estimate of drug-likeness (QED) is 0.591. The van der Waals surface area contributed by atoms with E-state index >= 15 is 0 Å². The van der Waals surface area contributed by atoms with Crippen molar-refractivity contribution in [3.05, 3.63) is 42.0 Å². The first kappa shape index (κ1) is 18.4. The third kappa shape index (κ3) is 4.23. The summed E-state index contributed by atoms with van der Waals surface area (Å²) in [6.07, 6.45) is 4.19. The van der Waals surface area contributed by atoms with Crippen molar-refractivity contribution in [2.24, 2.45) is 0 Å². The minimum absolute atomic E-state index is 0.172. The molecule has 0 aromatic heterocycles. The minimum Gasteiger partial charge on any atom is -0.489 e. The molecule has 3 N–H and O–H groups in total. The summed E-state index contributed by atoms with van der Waals surface area (Å²) in [5.41, 5.74) is -0.451. The van der Waals surface area contributed by atoms with Crippen LogP contribution in [-0.4, -0.2) is 56.3 Å². The van der Waals surface area contributed by atoms with Crippen molar-refractivity contribution in [3.8, 4) is 5.75 Å². The van der Waals surface area contributed by atoms with Crippen molar-refractivity contribution in [1.29, 1.82) is 0 Å². The average molecular weight is 359 g/mol. The monoisotopic (exact) mass is 359 g/mol. The van der Waals surface area contributed by atoms with Gasteiger partial charge in [-0.3, -0.25) is 9.59 Å². The highest BCUT2D eigenvalue weighted by Crippen LogP contribution is 2.21. The molecule has 1 unspecified atom stereocenters. The van der Waals surface area contributed by atoms with E-state index < -0.39 is 5.60 Å². The summed E-state index contributed by atoms with van der Waals surface area (Å²) in [6.45, 7) is 4.14. The van der Waals surface area contributed by atoms with E-state index in [1.54, 1.807) is 18.2 Å². The van der Waals surface area contributed by atoms with Gasteiger partial charge in [0.25, 0.3) is 11.8 Å². The van der Waals surface area contributed by atoms with Crippen LogP contribution in [0.1, 0.15) is 23.7 Å². The van der Waals surface area contributed by atoms with Crippen molar-refractivity contribution in [2.45, 2.75) is 25.0 Å². The van der Waals surface area contributed by atoms with E-state index in [0.717, 1.165) is 6.54 Å². The van der Waals surface area contributed by atoms with Crippen molar-refractivity contribution in [2.75, 3.05) is 32.8 Å². The number of ether oxygens (including phenoxy) is 2. The third-order valence-electron chi connectivity index (χ3n) is 4.51. The van der Waals surface area contributed by atoms with Gasteiger partial charge in [-0.25, -0.2) is 0 Å². The summed E-state index contributed by atoms with van der Waals surface area (Å²) in [4.78, 5) is 25.2. The lowest BCUT2D eigenvalue weighted by Crippen LogP contribution is -2.59. The average Bonchev–Trinajstić information content (AvgIpc) is 2.66. The Balaban J connectivity index is 1.81. The molecule has 2 aliphatic rings. The molecule has 140 valence electrons. The molecule has 7 heteroatoms. The Morgan fingerprint density at radius 3 is 2.85 bits per heavy atom. The SMILES string of the molecule is C[C@H]1CNC(=O)C2(C/C=C\COc3ccccc3C(=O)N1)CNCCO2. The molecule has 2 heterocycles. The first-order chi connectivity index (χ1) is 12.6. The largest absolute Gasteiger partial charge is 0.489 e. The summed E-state index contributed by atoms with van der Waals surface area (Å²) in [6, 6.07) is 6.90. The highest BCUT2D eigenvalue weighted by Gasteiger charge is 2.40. The molecule has 0 aliphatic carbocycles. The first-order valence-corrected chi connectivity index (χ1v) is 8.91. The van der Waals surface area contributed by atoms with E-state index in [9.17, 15) is 9.59 Å². The van der Waals surface area contributed by atoms with Crippen LogP contribution < -0.4 is 20.7 Å². The van der Waals surface area contributed by atoms with E-state index in [0.29, 0.717) is 44.0 Å². The van der Waals surface area contributed by atoms with Crippen molar-refractivity contribution in [1.82, 2.24) is 16.0 Å². The fourth-order valence-corrected chi connectivity index (χ4v) is 3.05. The van der Waals surface area contributed by atoms with Crippen LogP contribution in [-0.2, 0) is 9.53 Å². The number of hydrogen-bond donors (Lipinski definition) is 3. The number of amides is 2. The van der Waals surface area contributed by atoms with Crippen LogP contribution >= 0.6 is 0 Å². The molecule has 1 aromatic rings. The van der Waals surface area contributed by atoms with Crippen molar-refractivity contribution in [3.63, 3.8) is 0 Å². The first-order valence-electron chi connectivity index (χ1n) is 8.91. The topological polar surface area (TPSA) is 88.7 Å². The van der Waals surface area contributed by atoms with Crippen molar-refractivity contribution >= 4 is 11.8 Å². The van der Waals surface area contributed by atoms with Crippen LogP contribution in [0.2, 0.25) is 0 Å². The van der Waals surface area contributed by atoms with Gasteiger partial charge in [-0.15, -0.1) is 0 Å².